The number of carbonyl (C=O) groups is 2. The van der Waals surface area contributed by atoms with Crippen molar-refractivity contribution in [1.29, 1.82) is 0 Å². The number of hydrogen-bond donors (Lipinski definition) is 3. The monoisotopic (exact) mass is 588 g/mol. The van der Waals surface area contributed by atoms with E-state index in [1.165, 1.54) is 18.3 Å². The highest BCUT2D eigenvalue weighted by molar-refractivity contribution is 5.94. The molecular formula is C28H22F6N6O2. The average Bonchev–Trinajstić information content (AvgIpc) is 3.51. The summed E-state index contributed by atoms with van der Waals surface area (Å²) in [6, 6.07) is 8.47. The van der Waals surface area contributed by atoms with Gasteiger partial charge in [-0.2, -0.15) is 18.3 Å². The average molecular weight is 589 g/mol. The van der Waals surface area contributed by atoms with Crippen molar-refractivity contribution in [1.82, 2.24) is 25.4 Å². The summed E-state index contributed by atoms with van der Waals surface area (Å²) < 4.78 is 83.7. The molecule has 0 bridgehead atoms. The van der Waals surface area contributed by atoms with Crippen LogP contribution in [0, 0.1) is 17.5 Å². The lowest BCUT2D eigenvalue weighted by Gasteiger charge is -2.22. The minimum absolute atomic E-state index is 0.0457. The quantitative estimate of drug-likeness (QED) is 0.267. The predicted octanol–water partition coefficient (Wildman–Crippen LogP) is 4.18. The third kappa shape index (κ3) is 5.98. The standard InChI is InChI=1S/C28H22F6N6O2/c29-16-6-14(7-17(30)10-16)8-22(25-18(2-1-5-37-25)15-3-4-21(31)19(9-15)27(35)42)38-24(41)13-40-23-12-36-11-20(23)26(39-40)28(32,33)34/h1-7,9-10,22,36H,8,11-13H2,(H2,35,42)(H,38,41). The number of carbonyl (C=O) groups excluding carboxylic acids is 2. The van der Waals surface area contributed by atoms with Crippen LogP contribution in [-0.4, -0.2) is 26.6 Å². The Kier molecular flexibility index (Phi) is 7.73. The van der Waals surface area contributed by atoms with Crippen molar-refractivity contribution < 1.29 is 35.9 Å². The van der Waals surface area contributed by atoms with Crippen LogP contribution < -0.4 is 16.4 Å². The number of pyridine rings is 1. The van der Waals surface area contributed by atoms with Gasteiger partial charge in [0.2, 0.25) is 5.91 Å². The van der Waals surface area contributed by atoms with E-state index in [0.717, 1.165) is 22.9 Å². The van der Waals surface area contributed by atoms with E-state index in [-0.39, 0.29) is 42.0 Å². The van der Waals surface area contributed by atoms with Crippen molar-refractivity contribution in [3.63, 3.8) is 0 Å². The first-order valence-electron chi connectivity index (χ1n) is 12.6. The van der Waals surface area contributed by atoms with Gasteiger partial charge in [-0.15, -0.1) is 0 Å². The van der Waals surface area contributed by atoms with Gasteiger partial charge >= 0.3 is 6.18 Å². The fraction of sp³-hybridized carbons (Fsp3) is 0.214. The Balaban J connectivity index is 1.52. The van der Waals surface area contributed by atoms with Crippen LogP contribution in [0.3, 0.4) is 0 Å². The summed E-state index contributed by atoms with van der Waals surface area (Å²) in [5.74, 6) is -4.34. The molecule has 2 aromatic heterocycles. The molecule has 3 heterocycles. The van der Waals surface area contributed by atoms with Crippen molar-refractivity contribution in [2.45, 2.75) is 38.3 Å². The fourth-order valence-corrected chi connectivity index (χ4v) is 4.96. The van der Waals surface area contributed by atoms with Crippen molar-refractivity contribution in [2.24, 2.45) is 5.73 Å². The summed E-state index contributed by atoms with van der Waals surface area (Å²) >= 11 is 0. The number of fused-ring (bicyclic) bond motifs is 1. The van der Waals surface area contributed by atoms with Crippen LogP contribution in [0.5, 0.6) is 0 Å². The maximum absolute atomic E-state index is 14.2. The molecule has 2 amide bonds. The highest BCUT2D eigenvalue weighted by Crippen LogP contribution is 2.35. The number of halogens is 6. The molecule has 0 saturated heterocycles. The van der Waals surface area contributed by atoms with Crippen molar-refractivity contribution in [3.8, 4) is 11.1 Å². The second-order valence-electron chi connectivity index (χ2n) is 9.63. The van der Waals surface area contributed by atoms with Crippen LogP contribution in [0.2, 0.25) is 0 Å². The van der Waals surface area contributed by atoms with Crippen LogP contribution >= 0.6 is 0 Å². The molecule has 8 nitrogen and oxygen atoms in total. The molecule has 0 fully saturated rings. The second kappa shape index (κ2) is 11.3. The maximum atomic E-state index is 14.2. The van der Waals surface area contributed by atoms with Crippen molar-refractivity contribution in [3.05, 3.63) is 106 Å². The molecule has 1 aliphatic rings. The van der Waals surface area contributed by atoms with Crippen LogP contribution in [0.1, 0.15) is 44.6 Å². The van der Waals surface area contributed by atoms with E-state index in [2.05, 4.69) is 20.7 Å². The molecule has 0 spiro atoms. The highest BCUT2D eigenvalue weighted by atomic mass is 19.4. The third-order valence-corrected chi connectivity index (χ3v) is 6.73. The van der Waals surface area contributed by atoms with E-state index in [9.17, 15) is 35.9 Å². The topological polar surface area (TPSA) is 115 Å². The van der Waals surface area contributed by atoms with Gasteiger partial charge < -0.3 is 16.4 Å². The summed E-state index contributed by atoms with van der Waals surface area (Å²) in [6.07, 6.45) is -3.51. The molecule has 0 aliphatic carbocycles. The SMILES string of the molecule is NC(=O)c1cc(-c2cccnc2C(Cc2cc(F)cc(F)c2)NC(=O)Cn2nc(C(F)(F)F)c3c2CNC3)ccc1F. The molecule has 4 N–H and O–H groups in total. The molecule has 1 atom stereocenters. The molecule has 218 valence electrons. The first-order chi connectivity index (χ1) is 19.9. The smallest absolute Gasteiger partial charge is 0.366 e. The minimum atomic E-state index is -4.72. The van der Waals surface area contributed by atoms with E-state index >= 15 is 0 Å². The largest absolute Gasteiger partial charge is 0.435 e. The molecular weight excluding hydrogens is 566 g/mol. The summed E-state index contributed by atoms with van der Waals surface area (Å²) in [5.41, 5.74) is 4.96. The Morgan fingerprint density at radius 2 is 1.79 bits per heavy atom. The van der Waals surface area contributed by atoms with Crippen molar-refractivity contribution in [2.75, 3.05) is 0 Å². The van der Waals surface area contributed by atoms with Gasteiger partial charge in [-0.3, -0.25) is 19.3 Å². The normalized spacial score (nSPS) is 13.6. The molecule has 0 saturated carbocycles. The molecule has 0 radical (unpaired) electrons. The lowest BCUT2D eigenvalue weighted by molar-refractivity contribution is -0.142. The zero-order valence-electron chi connectivity index (χ0n) is 21.6. The Bertz CT molecular complexity index is 1670. The van der Waals surface area contributed by atoms with E-state index in [1.807, 2.05) is 0 Å². The first kappa shape index (κ1) is 28.8. The number of aromatic nitrogens is 3. The Morgan fingerprint density at radius 1 is 1.05 bits per heavy atom. The van der Waals surface area contributed by atoms with E-state index in [4.69, 9.17) is 5.73 Å². The summed E-state index contributed by atoms with van der Waals surface area (Å²) in [5, 5.41) is 9.13. The van der Waals surface area contributed by atoms with Gasteiger partial charge in [0.1, 0.15) is 24.0 Å². The number of rotatable bonds is 8. The number of alkyl halides is 3. The Hall–Kier alpha value is -4.72. The van der Waals surface area contributed by atoms with Gasteiger partial charge in [0.25, 0.3) is 5.91 Å². The van der Waals surface area contributed by atoms with E-state index in [1.54, 1.807) is 12.1 Å². The lowest BCUT2D eigenvalue weighted by atomic mass is 9.94. The molecule has 1 unspecified atom stereocenters. The number of hydrogen-bond acceptors (Lipinski definition) is 5. The molecule has 4 aromatic rings. The fourth-order valence-electron chi connectivity index (χ4n) is 4.96. The second-order valence-corrected chi connectivity index (χ2v) is 9.63. The lowest BCUT2D eigenvalue weighted by Crippen LogP contribution is -2.34. The molecule has 14 heteroatoms. The van der Waals surface area contributed by atoms with Gasteiger partial charge in [-0.25, -0.2) is 13.2 Å². The molecule has 5 rings (SSSR count). The molecule has 2 aromatic carbocycles. The number of nitrogens with two attached hydrogens (primary N) is 1. The number of primary amides is 1. The van der Waals surface area contributed by atoms with Gasteiger partial charge in [0, 0.05) is 36.5 Å². The predicted molar refractivity (Wildman–Crippen MR) is 137 cm³/mol. The van der Waals surface area contributed by atoms with Crippen LogP contribution in [-0.2, 0) is 37.0 Å². The van der Waals surface area contributed by atoms with Crippen LogP contribution in [0.15, 0.2) is 54.7 Å². The van der Waals surface area contributed by atoms with E-state index in [0.29, 0.717) is 17.2 Å². The first-order valence-corrected chi connectivity index (χ1v) is 12.6. The Labute approximate surface area is 234 Å². The number of amides is 2. The molecule has 1 aliphatic heterocycles. The van der Waals surface area contributed by atoms with Gasteiger partial charge in [-0.1, -0.05) is 12.1 Å². The van der Waals surface area contributed by atoms with Crippen LogP contribution in [0.4, 0.5) is 26.3 Å². The summed E-state index contributed by atoms with van der Waals surface area (Å²) in [4.78, 5) is 29.4. The van der Waals surface area contributed by atoms with Gasteiger partial charge in [0.05, 0.1) is 23.0 Å². The summed E-state index contributed by atoms with van der Waals surface area (Å²) in [7, 11) is 0. The molecule has 42 heavy (non-hydrogen) atoms. The zero-order valence-corrected chi connectivity index (χ0v) is 21.6. The maximum Gasteiger partial charge on any atom is 0.435 e. The van der Waals surface area contributed by atoms with Gasteiger partial charge in [0.15, 0.2) is 5.69 Å². The third-order valence-electron chi connectivity index (χ3n) is 6.73. The minimum Gasteiger partial charge on any atom is -0.366 e. The Morgan fingerprint density at radius 3 is 2.48 bits per heavy atom. The number of nitrogens with one attached hydrogen (secondary N) is 2. The van der Waals surface area contributed by atoms with Gasteiger partial charge in [-0.05, 0) is 47.9 Å². The zero-order chi connectivity index (χ0) is 30.2. The number of nitrogens with zero attached hydrogens (tertiary/aromatic N) is 3. The van der Waals surface area contributed by atoms with Crippen molar-refractivity contribution >= 4 is 11.8 Å². The van der Waals surface area contributed by atoms with E-state index < -0.39 is 59.3 Å². The number of benzene rings is 2. The van der Waals surface area contributed by atoms with Crippen LogP contribution in [0.25, 0.3) is 11.1 Å². The highest BCUT2D eigenvalue weighted by Gasteiger charge is 2.40. The summed E-state index contributed by atoms with van der Waals surface area (Å²) in [6.45, 7) is -0.560.